The van der Waals surface area contributed by atoms with Crippen LogP contribution in [-0.2, 0) is 20.4 Å². The van der Waals surface area contributed by atoms with Gasteiger partial charge >= 0.3 is 0 Å². The first-order valence-electron chi connectivity index (χ1n) is 7.23. The lowest BCUT2D eigenvalue weighted by Crippen LogP contribution is -2.50. The van der Waals surface area contributed by atoms with Crippen LogP contribution < -0.4 is 5.32 Å². The minimum atomic E-state index is -1.13. The highest BCUT2D eigenvalue weighted by atomic mass is 32.2. The van der Waals surface area contributed by atoms with E-state index < -0.39 is 10.8 Å². The summed E-state index contributed by atoms with van der Waals surface area (Å²) in [5.41, 5.74) is 0. The molecule has 1 saturated heterocycles. The van der Waals surface area contributed by atoms with Gasteiger partial charge in [-0.15, -0.1) is 0 Å². The van der Waals surface area contributed by atoms with Gasteiger partial charge in [0.15, 0.2) is 0 Å². The van der Waals surface area contributed by atoms with Crippen LogP contribution in [0.2, 0.25) is 0 Å². The summed E-state index contributed by atoms with van der Waals surface area (Å²) in [6.45, 7) is 8.67. The van der Waals surface area contributed by atoms with E-state index in [2.05, 4.69) is 5.32 Å². The van der Waals surface area contributed by atoms with Gasteiger partial charge in [-0.1, -0.05) is 20.8 Å². The molecule has 1 aliphatic rings. The van der Waals surface area contributed by atoms with Crippen LogP contribution in [0.3, 0.4) is 0 Å². The van der Waals surface area contributed by atoms with Crippen LogP contribution in [0.1, 0.15) is 40.5 Å². The Morgan fingerprint density at radius 3 is 2.55 bits per heavy atom. The Balaban J connectivity index is 2.50. The molecule has 116 valence electrons. The lowest BCUT2D eigenvalue weighted by molar-refractivity contribution is -0.130. The highest BCUT2D eigenvalue weighted by Gasteiger charge is 2.26. The smallest absolute Gasteiger partial charge is 0.235 e. The number of hydrogen-bond acceptors (Lipinski definition) is 3. The average Bonchev–Trinajstić information content (AvgIpc) is 2.37. The summed E-state index contributed by atoms with van der Waals surface area (Å²) >= 11 is 0. The van der Waals surface area contributed by atoms with Crippen LogP contribution in [0.4, 0.5) is 0 Å². The van der Waals surface area contributed by atoms with E-state index in [1.807, 2.05) is 20.8 Å². The second kappa shape index (κ2) is 7.76. The Morgan fingerprint density at radius 1 is 1.35 bits per heavy atom. The molecule has 2 amide bonds. The van der Waals surface area contributed by atoms with E-state index in [0.717, 1.165) is 12.8 Å². The molecule has 1 fully saturated rings. The van der Waals surface area contributed by atoms with Crippen molar-refractivity contribution in [2.45, 2.75) is 51.8 Å². The first-order valence-corrected chi connectivity index (χ1v) is 8.61. The predicted octanol–water partition coefficient (Wildman–Crippen LogP) is 0.907. The maximum absolute atomic E-state index is 12.2. The van der Waals surface area contributed by atoms with E-state index in [1.54, 1.807) is 4.90 Å². The van der Waals surface area contributed by atoms with E-state index >= 15 is 0 Å². The third kappa shape index (κ3) is 5.23. The van der Waals surface area contributed by atoms with Gasteiger partial charge in [-0.2, -0.15) is 0 Å². The monoisotopic (exact) mass is 302 g/mol. The van der Waals surface area contributed by atoms with Gasteiger partial charge in [-0.25, -0.2) is 0 Å². The maximum Gasteiger partial charge on any atom is 0.235 e. The SMILES string of the molecule is CC(=O)N[C@@H]1CCCN(C(=O)C[S@](=O)[C@@H](C)C(C)C)C1. The second-order valence-electron chi connectivity index (χ2n) is 5.85. The Labute approximate surface area is 123 Å². The van der Waals surface area contributed by atoms with Gasteiger partial charge in [0.2, 0.25) is 11.8 Å². The molecule has 0 aromatic carbocycles. The molecule has 5 nitrogen and oxygen atoms in total. The van der Waals surface area contributed by atoms with Crippen LogP contribution in [0.25, 0.3) is 0 Å². The molecule has 1 N–H and O–H groups in total. The van der Waals surface area contributed by atoms with Gasteiger partial charge in [-0.05, 0) is 18.8 Å². The molecule has 20 heavy (non-hydrogen) atoms. The van der Waals surface area contributed by atoms with Crippen LogP contribution in [-0.4, -0.2) is 51.1 Å². The van der Waals surface area contributed by atoms with Gasteiger partial charge in [-0.3, -0.25) is 13.8 Å². The maximum atomic E-state index is 12.2. The van der Waals surface area contributed by atoms with Crippen LogP contribution >= 0.6 is 0 Å². The van der Waals surface area contributed by atoms with Gasteiger partial charge in [0.05, 0.1) is 0 Å². The lowest BCUT2D eigenvalue weighted by Gasteiger charge is -2.33. The number of carbonyl (C=O) groups is 2. The molecule has 0 aliphatic carbocycles. The zero-order valence-electron chi connectivity index (χ0n) is 12.8. The van der Waals surface area contributed by atoms with Crippen LogP contribution in [0.5, 0.6) is 0 Å². The minimum absolute atomic E-state index is 0.0230. The summed E-state index contributed by atoms with van der Waals surface area (Å²) < 4.78 is 12.1. The van der Waals surface area contributed by atoms with E-state index in [-0.39, 0.29) is 28.9 Å². The quantitative estimate of drug-likeness (QED) is 0.821. The molecule has 1 rings (SSSR count). The molecule has 1 heterocycles. The number of hydrogen-bond donors (Lipinski definition) is 1. The lowest BCUT2D eigenvalue weighted by atomic mass is 10.1. The fourth-order valence-electron chi connectivity index (χ4n) is 2.26. The summed E-state index contributed by atoms with van der Waals surface area (Å²) in [7, 11) is -1.13. The average molecular weight is 302 g/mol. The first-order chi connectivity index (χ1) is 9.31. The van der Waals surface area contributed by atoms with Crippen molar-refractivity contribution >= 4 is 22.6 Å². The highest BCUT2D eigenvalue weighted by Crippen LogP contribution is 2.13. The van der Waals surface area contributed by atoms with Crippen molar-refractivity contribution < 1.29 is 13.8 Å². The molecule has 0 aromatic heterocycles. The fraction of sp³-hybridized carbons (Fsp3) is 0.857. The van der Waals surface area contributed by atoms with Gasteiger partial charge < -0.3 is 10.2 Å². The van der Waals surface area contributed by atoms with Crippen molar-refractivity contribution in [3.05, 3.63) is 0 Å². The normalized spacial score (nSPS) is 22.4. The first kappa shape index (κ1) is 17.1. The van der Waals surface area contributed by atoms with Crippen molar-refractivity contribution in [3.63, 3.8) is 0 Å². The van der Waals surface area contributed by atoms with Crippen molar-refractivity contribution in [2.75, 3.05) is 18.8 Å². The van der Waals surface area contributed by atoms with Crippen molar-refractivity contribution in [1.29, 1.82) is 0 Å². The molecule has 6 heteroatoms. The van der Waals surface area contributed by atoms with Crippen LogP contribution in [0.15, 0.2) is 0 Å². The summed E-state index contributed by atoms with van der Waals surface area (Å²) in [6, 6.07) is 0.0288. The zero-order valence-corrected chi connectivity index (χ0v) is 13.7. The third-order valence-electron chi connectivity index (χ3n) is 3.80. The highest BCUT2D eigenvalue weighted by molar-refractivity contribution is 7.86. The molecule has 0 unspecified atom stereocenters. The van der Waals surface area contributed by atoms with Crippen molar-refractivity contribution in [1.82, 2.24) is 10.2 Å². The second-order valence-corrected chi connectivity index (χ2v) is 7.65. The molecular formula is C14H26N2O3S. The molecule has 3 atom stereocenters. The predicted molar refractivity (Wildman–Crippen MR) is 80.7 cm³/mol. The van der Waals surface area contributed by atoms with E-state index in [4.69, 9.17) is 0 Å². The van der Waals surface area contributed by atoms with Gasteiger partial charge in [0.1, 0.15) is 5.75 Å². The standard InChI is InChI=1S/C14H26N2O3S/c1-10(2)11(3)20(19)9-14(18)16-7-5-6-13(8-16)15-12(4)17/h10-11,13H,5-9H2,1-4H3,(H,15,17)/t11-,13+,20-/m0/s1. The number of piperidine rings is 1. The summed E-state index contributed by atoms with van der Waals surface area (Å²) in [6.07, 6.45) is 1.78. The molecule has 0 saturated carbocycles. The molecule has 0 bridgehead atoms. The van der Waals surface area contributed by atoms with E-state index in [9.17, 15) is 13.8 Å². The number of amides is 2. The summed E-state index contributed by atoms with van der Waals surface area (Å²) in [4.78, 5) is 25.0. The number of likely N-dealkylation sites (tertiary alicyclic amines) is 1. The fourth-order valence-corrected chi connectivity index (χ4v) is 3.55. The Morgan fingerprint density at radius 2 is 2.00 bits per heavy atom. The Hall–Kier alpha value is -0.910. The van der Waals surface area contributed by atoms with E-state index in [0.29, 0.717) is 19.0 Å². The number of nitrogens with one attached hydrogen (secondary N) is 1. The summed E-state index contributed by atoms with van der Waals surface area (Å²) in [5.74, 6) is 0.260. The molecule has 0 radical (unpaired) electrons. The van der Waals surface area contributed by atoms with Crippen LogP contribution in [0, 0.1) is 5.92 Å². The number of rotatable bonds is 5. The summed E-state index contributed by atoms with van der Waals surface area (Å²) in [5, 5.41) is 2.88. The number of nitrogens with zero attached hydrogens (tertiary/aromatic N) is 1. The number of carbonyl (C=O) groups excluding carboxylic acids is 2. The third-order valence-corrected chi connectivity index (χ3v) is 5.71. The molecule has 0 spiro atoms. The molecule has 1 aliphatic heterocycles. The van der Waals surface area contributed by atoms with Gasteiger partial charge in [0, 0.05) is 42.1 Å². The Kier molecular flexibility index (Phi) is 6.65. The van der Waals surface area contributed by atoms with E-state index in [1.165, 1.54) is 6.92 Å². The van der Waals surface area contributed by atoms with Gasteiger partial charge in [0.25, 0.3) is 0 Å². The minimum Gasteiger partial charge on any atom is -0.352 e. The van der Waals surface area contributed by atoms with Crippen molar-refractivity contribution in [2.24, 2.45) is 5.92 Å². The topological polar surface area (TPSA) is 66.5 Å². The molecular weight excluding hydrogens is 276 g/mol. The Bertz CT molecular complexity index is 385. The zero-order chi connectivity index (χ0) is 15.3. The molecule has 0 aromatic rings. The van der Waals surface area contributed by atoms with Crippen molar-refractivity contribution in [3.8, 4) is 0 Å². The largest absolute Gasteiger partial charge is 0.352 e.